The maximum atomic E-state index is 13.8. The maximum absolute atomic E-state index is 13.8. The minimum Gasteiger partial charge on any atom is -0.496 e. The molecular formula is C16H15FO4. The molecule has 0 N–H and O–H groups in total. The van der Waals surface area contributed by atoms with Crippen LogP contribution in [0.3, 0.4) is 0 Å². The van der Waals surface area contributed by atoms with Crippen LogP contribution in [0.1, 0.15) is 15.9 Å². The van der Waals surface area contributed by atoms with Crippen molar-refractivity contribution in [3.63, 3.8) is 0 Å². The van der Waals surface area contributed by atoms with Crippen molar-refractivity contribution >= 4 is 5.97 Å². The zero-order chi connectivity index (χ0) is 15.4. The SMILES string of the molecule is COC(=O)c1cc(Oc2ccc(C)cc2F)ccc1OC. The molecule has 4 nitrogen and oxygen atoms in total. The molecule has 0 atom stereocenters. The first-order valence-corrected chi connectivity index (χ1v) is 6.25. The van der Waals surface area contributed by atoms with Crippen LogP contribution < -0.4 is 9.47 Å². The van der Waals surface area contributed by atoms with Crippen LogP contribution in [0.15, 0.2) is 36.4 Å². The van der Waals surface area contributed by atoms with Crippen LogP contribution in [-0.4, -0.2) is 20.2 Å². The van der Waals surface area contributed by atoms with Crippen LogP contribution in [0.2, 0.25) is 0 Å². The zero-order valence-electron chi connectivity index (χ0n) is 12.0. The predicted molar refractivity (Wildman–Crippen MR) is 75.5 cm³/mol. The highest BCUT2D eigenvalue weighted by Crippen LogP contribution is 2.29. The number of rotatable bonds is 4. The van der Waals surface area contributed by atoms with Crippen LogP contribution in [0.5, 0.6) is 17.2 Å². The summed E-state index contributed by atoms with van der Waals surface area (Å²) >= 11 is 0. The minimum absolute atomic E-state index is 0.0848. The second-order valence-electron chi connectivity index (χ2n) is 4.39. The lowest BCUT2D eigenvalue weighted by Crippen LogP contribution is -2.04. The summed E-state index contributed by atoms with van der Waals surface area (Å²) in [7, 11) is 2.72. The van der Waals surface area contributed by atoms with Gasteiger partial charge in [0, 0.05) is 0 Å². The normalized spacial score (nSPS) is 10.1. The van der Waals surface area contributed by atoms with E-state index < -0.39 is 11.8 Å². The lowest BCUT2D eigenvalue weighted by molar-refractivity contribution is 0.0596. The smallest absolute Gasteiger partial charge is 0.341 e. The zero-order valence-corrected chi connectivity index (χ0v) is 12.0. The van der Waals surface area contributed by atoms with E-state index in [2.05, 4.69) is 4.74 Å². The first kappa shape index (κ1) is 14.8. The molecule has 21 heavy (non-hydrogen) atoms. The molecule has 0 aliphatic carbocycles. The van der Waals surface area contributed by atoms with Gasteiger partial charge in [-0.1, -0.05) is 6.07 Å². The van der Waals surface area contributed by atoms with Gasteiger partial charge in [-0.2, -0.15) is 0 Å². The first-order valence-electron chi connectivity index (χ1n) is 6.25. The number of hydrogen-bond acceptors (Lipinski definition) is 4. The van der Waals surface area contributed by atoms with Crippen molar-refractivity contribution in [2.24, 2.45) is 0 Å². The van der Waals surface area contributed by atoms with Gasteiger partial charge >= 0.3 is 5.97 Å². The van der Waals surface area contributed by atoms with E-state index in [1.54, 1.807) is 25.1 Å². The number of esters is 1. The van der Waals surface area contributed by atoms with E-state index in [0.29, 0.717) is 11.5 Å². The summed E-state index contributed by atoms with van der Waals surface area (Å²) in [6.45, 7) is 1.79. The molecule has 0 saturated heterocycles. The van der Waals surface area contributed by atoms with Gasteiger partial charge in [0.25, 0.3) is 0 Å². The van der Waals surface area contributed by atoms with Crippen molar-refractivity contribution in [1.82, 2.24) is 0 Å². The largest absolute Gasteiger partial charge is 0.496 e. The second-order valence-corrected chi connectivity index (χ2v) is 4.39. The van der Waals surface area contributed by atoms with Gasteiger partial charge < -0.3 is 14.2 Å². The molecular weight excluding hydrogens is 275 g/mol. The molecule has 2 aromatic carbocycles. The van der Waals surface area contributed by atoms with Crippen molar-refractivity contribution in [3.8, 4) is 17.2 Å². The van der Waals surface area contributed by atoms with E-state index in [4.69, 9.17) is 9.47 Å². The summed E-state index contributed by atoms with van der Waals surface area (Å²) in [5.41, 5.74) is 1.01. The molecule has 0 amide bonds. The monoisotopic (exact) mass is 290 g/mol. The molecule has 0 unspecified atom stereocenters. The number of methoxy groups -OCH3 is 2. The molecule has 110 valence electrons. The standard InChI is InChI=1S/C16H15FO4/c1-10-4-6-15(13(17)8-10)21-11-5-7-14(19-2)12(9-11)16(18)20-3/h4-9H,1-3H3. The van der Waals surface area contributed by atoms with Gasteiger partial charge in [0.1, 0.15) is 17.1 Å². The number of aryl methyl sites for hydroxylation is 1. The lowest BCUT2D eigenvalue weighted by Gasteiger charge is -2.11. The van der Waals surface area contributed by atoms with E-state index in [0.717, 1.165) is 5.56 Å². The lowest BCUT2D eigenvalue weighted by atomic mass is 10.2. The Kier molecular flexibility index (Phi) is 4.42. The molecule has 0 spiro atoms. The van der Waals surface area contributed by atoms with Gasteiger partial charge in [-0.3, -0.25) is 0 Å². The third-order valence-corrected chi connectivity index (χ3v) is 2.89. The Morgan fingerprint density at radius 2 is 1.76 bits per heavy atom. The van der Waals surface area contributed by atoms with E-state index in [-0.39, 0.29) is 11.3 Å². The Labute approximate surface area is 122 Å². The molecule has 0 aromatic heterocycles. The quantitative estimate of drug-likeness (QED) is 0.805. The molecule has 0 bridgehead atoms. The van der Waals surface area contributed by atoms with Crippen LogP contribution in [0.25, 0.3) is 0 Å². The summed E-state index contributed by atoms with van der Waals surface area (Å²) < 4.78 is 29.0. The summed E-state index contributed by atoms with van der Waals surface area (Å²) in [4.78, 5) is 11.7. The highest BCUT2D eigenvalue weighted by Gasteiger charge is 2.15. The molecule has 0 heterocycles. The van der Waals surface area contributed by atoms with Crippen molar-refractivity contribution in [2.75, 3.05) is 14.2 Å². The topological polar surface area (TPSA) is 44.8 Å². The number of carbonyl (C=O) groups excluding carboxylic acids is 1. The predicted octanol–water partition coefficient (Wildman–Crippen LogP) is 3.72. The Hall–Kier alpha value is -2.56. The van der Waals surface area contributed by atoms with E-state index in [1.165, 1.54) is 32.4 Å². The Morgan fingerprint density at radius 3 is 2.38 bits per heavy atom. The fraction of sp³-hybridized carbons (Fsp3) is 0.188. The molecule has 0 radical (unpaired) electrons. The number of benzene rings is 2. The van der Waals surface area contributed by atoms with Gasteiger partial charge in [0.2, 0.25) is 0 Å². The first-order chi connectivity index (χ1) is 10.0. The van der Waals surface area contributed by atoms with Crippen molar-refractivity contribution in [1.29, 1.82) is 0 Å². The number of ether oxygens (including phenoxy) is 3. The summed E-state index contributed by atoms with van der Waals surface area (Å²) in [5, 5.41) is 0. The van der Waals surface area contributed by atoms with Gasteiger partial charge in [-0.05, 0) is 42.8 Å². The van der Waals surface area contributed by atoms with Gasteiger partial charge in [-0.25, -0.2) is 9.18 Å². The van der Waals surface area contributed by atoms with Gasteiger partial charge in [0.15, 0.2) is 11.6 Å². The Morgan fingerprint density at radius 1 is 1.05 bits per heavy atom. The number of carbonyl (C=O) groups is 1. The summed E-state index contributed by atoms with van der Waals surface area (Å²) in [6, 6.07) is 9.25. The highest BCUT2D eigenvalue weighted by molar-refractivity contribution is 5.93. The van der Waals surface area contributed by atoms with E-state index >= 15 is 0 Å². The molecule has 0 aliphatic heterocycles. The minimum atomic E-state index is -0.554. The highest BCUT2D eigenvalue weighted by atomic mass is 19.1. The summed E-state index contributed by atoms with van der Waals surface area (Å²) in [6.07, 6.45) is 0. The summed E-state index contributed by atoms with van der Waals surface area (Å²) in [5.74, 6) is -0.258. The van der Waals surface area contributed by atoms with Crippen molar-refractivity contribution in [3.05, 3.63) is 53.3 Å². The Bertz CT molecular complexity index is 667. The molecule has 2 aromatic rings. The fourth-order valence-corrected chi connectivity index (χ4v) is 1.84. The fourth-order valence-electron chi connectivity index (χ4n) is 1.84. The number of hydrogen-bond donors (Lipinski definition) is 0. The number of halogens is 1. The van der Waals surface area contributed by atoms with Gasteiger partial charge in [-0.15, -0.1) is 0 Å². The third kappa shape index (κ3) is 3.31. The molecule has 0 saturated carbocycles. The average Bonchev–Trinajstić information content (AvgIpc) is 2.49. The molecule has 5 heteroatoms. The Balaban J connectivity index is 2.34. The molecule has 0 fully saturated rings. The van der Waals surface area contributed by atoms with Gasteiger partial charge in [0.05, 0.1) is 14.2 Å². The van der Waals surface area contributed by atoms with Crippen LogP contribution in [0.4, 0.5) is 4.39 Å². The van der Waals surface area contributed by atoms with Crippen LogP contribution >= 0.6 is 0 Å². The van der Waals surface area contributed by atoms with Crippen LogP contribution in [0, 0.1) is 12.7 Å². The third-order valence-electron chi connectivity index (χ3n) is 2.89. The van der Waals surface area contributed by atoms with Crippen LogP contribution in [-0.2, 0) is 4.74 Å². The van der Waals surface area contributed by atoms with Crippen molar-refractivity contribution in [2.45, 2.75) is 6.92 Å². The molecule has 0 aliphatic rings. The van der Waals surface area contributed by atoms with Crippen molar-refractivity contribution < 1.29 is 23.4 Å². The van der Waals surface area contributed by atoms with E-state index in [9.17, 15) is 9.18 Å². The average molecular weight is 290 g/mol. The second kappa shape index (κ2) is 6.26. The molecule has 2 rings (SSSR count). The maximum Gasteiger partial charge on any atom is 0.341 e. The van der Waals surface area contributed by atoms with E-state index in [1.807, 2.05) is 0 Å².